The molecule has 15 heavy (non-hydrogen) atoms. The van der Waals surface area contributed by atoms with Gasteiger partial charge in [0.15, 0.2) is 0 Å². The highest BCUT2D eigenvalue weighted by atomic mass is 127. The lowest BCUT2D eigenvalue weighted by Crippen LogP contribution is -2.02. The Kier molecular flexibility index (Phi) is 3.88. The maximum absolute atomic E-state index is 2.49. The van der Waals surface area contributed by atoms with E-state index in [-0.39, 0.29) is 0 Å². The molecular weight excluding hydrogens is 410 g/mol. The largest absolute Gasteiger partial charge is 0.0729 e. The molecule has 0 saturated carbocycles. The van der Waals surface area contributed by atoms with Crippen molar-refractivity contribution in [3.05, 3.63) is 54.7 Å². The molecule has 0 bridgehead atoms. The molecule has 0 aromatic heterocycles. The molecule has 1 aliphatic rings. The molecule has 2 rings (SSSR count). The van der Waals surface area contributed by atoms with Crippen LogP contribution in [0.4, 0.5) is 0 Å². The van der Waals surface area contributed by atoms with Gasteiger partial charge in [-0.3, -0.25) is 0 Å². The molecule has 1 aliphatic carbocycles. The number of hydrogen-bond acceptors (Lipinski definition) is 0. The first-order valence-electron chi connectivity index (χ1n) is 4.95. The zero-order valence-corrected chi connectivity index (χ0v) is 12.8. The summed E-state index contributed by atoms with van der Waals surface area (Å²) in [6, 6.07) is 10.7. The van der Waals surface area contributed by atoms with Crippen LogP contribution in [0.5, 0.6) is 0 Å². The molecule has 1 atom stereocenters. The van der Waals surface area contributed by atoms with Gasteiger partial charge < -0.3 is 0 Å². The summed E-state index contributed by atoms with van der Waals surface area (Å²) >= 11 is 4.96. The predicted molar refractivity (Wildman–Crippen MR) is 82.6 cm³/mol. The zero-order chi connectivity index (χ0) is 10.8. The van der Waals surface area contributed by atoms with Gasteiger partial charge in [-0.25, -0.2) is 0 Å². The minimum Gasteiger partial charge on any atom is -0.0729 e. The Bertz CT molecular complexity index is 415. The van der Waals surface area contributed by atoms with Gasteiger partial charge in [-0.1, -0.05) is 42.0 Å². The first-order chi connectivity index (χ1) is 7.18. The molecule has 0 radical (unpaired) electrons. The van der Waals surface area contributed by atoms with Gasteiger partial charge in [-0.2, -0.15) is 0 Å². The maximum atomic E-state index is 2.49. The van der Waals surface area contributed by atoms with Crippen LogP contribution in [-0.2, 0) is 0 Å². The van der Waals surface area contributed by atoms with Crippen LogP contribution in [0.15, 0.2) is 49.1 Å². The van der Waals surface area contributed by atoms with E-state index in [0.717, 1.165) is 6.42 Å². The Morgan fingerprint density at radius 3 is 2.47 bits per heavy atom. The molecule has 0 N–H and O–H groups in total. The molecule has 0 spiro atoms. The second kappa shape index (κ2) is 4.99. The second-order valence-electron chi connectivity index (χ2n) is 3.83. The molecule has 1 aromatic carbocycles. The Labute approximate surface area is 118 Å². The van der Waals surface area contributed by atoms with Gasteiger partial charge in [0, 0.05) is 13.1 Å². The van der Waals surface area contributed by atoms with Gasteiger partial charge in [-0.05, 0) is 64.1 Å². The lowest BCUT2D eigenvalue weighted by atomic mass is 9.92. The molecule has 0 heterocycles. The van der Waals surface area contributed by atoms with E-state index < -0.39 is 0 Å². The van der Waals surface area contributed by atoms with Gasteiger partial charge >= 0.3 is 0 Å². The van der Waals surface area contributed by atoms with Crippen LogP contribution < -0.4 is 0 Å². The minimum absolute atomic E-state index is 0.479. The van der Waals surface area contributed by atoms with Gasteiger partial charge in [0.25, 0.3) is 0 Å². The van der Waals surface area contributed by atoms with E-state index in [2.05, 4.69) is 88.5 Å². The SMILES string of the molecule is CC1=CC(c2ccccc2)C(I)=C(I)C1. The molecule has 1 unspecified atom stereocenters. The van der Waals surface area contributed by atoms with E-state index in [1.54, 1.807) is 0 Å². The number of halogens is 2. The maximum Gasteiger partial charge on any atom is 0.0337 e. The van der Waals surface area contributed by atoms with Crippen LogP contribution in [-0.4, -0.2) is 0 Å². The van der Waals surface area contributed by atoms with Gasteiger partial charge in [0.2, 0.25) is 0 Å². The minimum atomic E-state index is 0.479. The third kappa shape index (κ3) is 2.64. The third-order valence-corrected chi connectivity index (χ3v) is 5.89. The van der Waals surface area contributed by atoms with E-state index in [0.29, 0.717) is 5.92 Å². The Balaban J connectivity index is 2.40. The van der Waals surface area contributed by atoms with Crippen molar-refractivity contribution in [3.8, 4) is 0 Å². The van der Waals surface area contributed by atoms with Crippen molar-refractivity contribution < 1.29 is 0 Å². The monoisotopic (exact) mass is 422 g/mol. The van der Waals surface area contributed by atoms with E-state index in [1.165, 1.54) is 18.3 Å². The summed E-state index contributed by atoms with van der Waals surface area (Å²) in [7, 11) is 0. The van der Waals surface area contributed by atoms with Crippen LogP contribution in [0.25, 0.3) is 0 Å². The van der Waals surface area contributed by atoms with Gasteiger partial charge in [0.05, 0.1) is 0 Å². The third-order valence-electron chi connectivity index (χ3n) is 2.58. The van der Waals surface area contributed by atoms with E-state index in [4.69, 9.17) is 0 Å². The Hall–Kier alpha value is 0.160. The van der Waals surface area contributed by atoms with Crippen molar-refractivity contribution in [2.45, 2.75) is 19.3 Å². The molecule has 0 fully saturated rings. The highest BCUT2D eigenvalue weighted by Crippen LogP contribution is 2.41. The van der Waals surface area contributed by atoms with E-state index in [1.807, 2.05) is 0 Å². The van der Waals surface area contributed by atoms with Crippen LogP contribution in [0.2, 0.25) is 0 Å². The number of hydrogen-bond donors (Lipinski definition) is 0. The molecule has 0 aliphatic heterocycles. The normalized spacial score (nSPS) is 21.5. The fraction of sp³-hybridized carbons (Fsp3) is 0.231. The fourth-order valence-corrected chi connectivity index (χ4v) is 3.48. The van der Waals surface area contributed by atoms with E-state index >= 15 is 0 Å². The van der Waals surface area contributed by atoms with Crippen molar-refractivity contribution in [2.75, 3.05) is 0 Å². The first-order valence-corrected chi connectivity index (χ1v) is 7.10. The predicted octanol–water partition coefficient (Wildman–Crippen LogP) is 5.20. The topological polar surface area (TPSA) is 0 Å². The van der Waals surface area contributed by atoms with Gasteiger partial charge in [-0.15, -0.1) is 0 Å². The van der Waals surface area contributed by atoms with Gasteiger partial charge in [0.1, 0.15) is 0 Å². The lowest BCUT2D eigenvalue weighted by Gasteiger charge is -2.21. The van der Waals surface area contributed by atoms with Crippen molar-refractivity contribution in [2.24, 2.45) is 0 Å². The van der Waals surface area contributed by atoms with Crippen LogP contribution >= 0.6 is 45.2 Å². The summed E-state index contributed by atoms with van der Waals surface area (Å²) in [5, 5.41) is 0. The summed E-state index contributed by atoms with van der Waals surface area (Å²) in [5.74, 6) is 0.479. The van der Waals surface area contributed by atoms with Crippen molar-refractivity contribution in [1.29, 1.82) is 0 Å². The zero-order valence-electron chi connectivity index (χ0n) is 8.50. The molecule has 0 amide bonds. The lowest BCUT2D eigenvalue weighted by molar-refractivity contribution is 0.982. The average molecular weight is 422 g/mol. The molecular formula is C13H12I2. The summed E-state index contributed by atoms with van der Waals surface area (Å²) in [5.41, 5.74) is 2.88. The average Bonchev–Trinajstić information content (AvgIpc) is 2.24. The molecule has 0 saturated heterocycles. The molecule has 2 heteroatoms. The molecule has 78 valence electrons. The number of rotatable bonds is 1. The molecule has 0 nitrogen and oxygen atoms in total. The van der Waals surface area contributed by atoms with Crippen LogP contribution in [0.1, 0.15) is 24.8 Å². The van der Waals surface area contributed by atoms with Crippen LogP contribution in [0, 0.1) is 0 Å². The Morgan fingerprint density at radius 2 is 1.80 bits per heavy atom. The summed E-state index contributed by atoms with van der Waals surface area (Å²) in [6.45, 7) is 2.22. The number of allylic oxidation sites excluding steroid dienone is 4. The standard InChI is InChI=1S/C13H12I2/c1-9-7-11(13(15)12(14)8-9)10-5-3-2-4-6-10/h2-7,11H,8H2,1H3. The second-order valence-corrected chi connectivity index (χ2v) is 6.30. The highest BCUT2D eigenvalue weighted by Gasteiger charge is 2.19. The Morgan fingerprint density at radius 1 is 1.13 bits per heavy atom. The van der Waals surface area contributed by atoms with Crippen molar-refractivity contribution in [3.63, 3.8) is 0 Å². The molecule has 1 aromatic rings. The highest BCUT2D eigenvalue weighted by molar-refractivity contribution is 14.1. The van der Waals surface area contributed by atoms with Crippen molar-refractivity contribution in [1.82, 2.24) is 0 Å². The summed E-state index contributed by atoms with van der Waals surface area (Å²) < 4.78 is 2.96. The summed E-state index contributed by atoms with van der Waals surface area (Å²) in [6.07, 6.45) is 3.52. The van der Waals surface area contributed by atoms with Crippen molar-refractivity contribution >= 4 is 45.2 Å². The number of benzene rings is 1. The smallest absolute Gasteiger partial charge is 0.0337 e. The summed E-state index contributed by atoms with van der Waals surface area (Å²) in [4.78, 5) is 0. The first kappa shape index (κ1) is 11.6. The fourth-order valence-electron chi connectivity index (χ4n) is 1.82. The van der Waals surface area contributed by atoms with Crippen LogP contribution in [0.3, 0.4) is 0 Å². The van der Waals surface area contributed by atoms with E-state index in [9.17, 15) is 0 Å². The quantitative estimate of drug-likeness (QED) is 0.431.